The molecule has 150 valence electrons. The van der Waals surface area contributed by atoms with Gasteiger partial charge >= 0.3 is 0 Å². The Kier molecular flexibility index (Phi) is 4.39. The van der Waals surface area contributed by atoms with Gasteiger partial charge in [-0.15, -0.1) is 0 Å². The summed E-state index contributed by atoms with van der Waals surface area (Å²) in [7, 11) is 0. The number of fused-ring (bicyclic) bond motifs is 3. The average molecular weight is 392 g/mol. The average Bonchev–Trinajstić information content (AvgIpc) is 3.23. The van der Waals surface area contributed by atoms with Crippen LogP contribution in [-0.4, -0.2) is 59.5 Å². The van der Waals surface area contributed by atoms with E-state index in [1.165, 1.54) is 0 Å². The Bertz CT molecular complexity index is 818. The van der Waals surface area contributed by atoms with E-state index in [-0.39, 0.29) is 36.5 Å². The minimum atomic E-state index is -1.09. The summed E-state index contributed by atoms with van der Waals surface area (Å²) in [5, 5.41) is 10.5. The number of likely N-dealkylation sites (tertiary alicyclic amines) is 1. The van der Waals surface area contributed by atoms with Crippen LogP contribution in [0.4, 0.5) is 13.2 Å². The van der Waals surface area contributed by atoms with Crippen molar-refractivity contribution >= 4 is 18.1 Å². The normalized spacial score (nSPS) is 40.5. The van der Waals surface area contributed by atoms with Gasteiger partial charge in [0.1, 0.15) is 11.7 Å². The van der Waals surface area contributed by atoms with Crippen LogP contribution >= 0.6 is 0 Å². The van der Waals surface area contributed by atoms with Crippen molar-refractivity contribution in [3.8, 4) is 0 Å². The lowest BCUT2D eigenvalue weighted by atomic mass is 9.72. The lowest BCUT2D eigenvalue weighted by Crippen LogP contribution is -2.48. The van der Waals surface area contributed by atoms with Crippen molar-refractivity contribution in [3.05, 3.63) is 23.6 Å². The van der Waals surface area contributed by atoms with E-state index in [9.17, 15) is 13.2 Å². The van der Waals surface area contributed by atoms with Gasteiger partial charge in [0.25, 0.3) is 0 Å². The molecule has 6 nitrogen and oxygen atoms in total. The molecule has 0 aromatic rings. The third-order valence-corrected chi connectivity index (χ3v) is 6.78. The van der Waals surface area contributed by atoms with Crippen LogP contribution < -0.4 is 5.73 Å². The van der Waals surface area contributed by atoms with Crippen molar-refractivity contribution < 1.29 is 13.2 Å². The zero-order valence-electron chi connectivity index (χ0n) is 15.4. The van der Waals surface area contributed by atoms with Gasteiger partial charge in [-0.25, -0.2) is 13.2 Å². The van der Waals surface area contributed by atoms with Gasteiger partial charge in [-0.1, -0.05) is 0 Å². The highest BCUT2D eigenvalue weighted by molar-refractivity contribution is 6.16. The molecule has 0 radical (unpaired) electrons. The summed E-state index contributed by atoms with van der Waals surface area (Å²) in [4.78, 5) is 6.88. The molecule has 5 aliphatic rings. The van der Waals surface area contributed by atoms with Crippen LogP contribution in [0.25, 0.3) is 0 Å². The number of halogens is 3. The number of hydrazone groups is 2. The van der Waals surface area contributed by atoms with Crippen LogP contribution in [-0.2, 0) is 0 Å². The number of aliphatic imine (C=N–C) groups is 1. The Balaban J connectivity index is 1.24. The van der Waals surface area contributed by atoms with E-state index < -0.39 is 23.4 Å². The predicted molar refractivity (Wildman–Crippen MR) is 101 cm³/mol. The molecule has 0 aromatic carbocycles. The van der Waals surface area contributed by atoms with Crippen molar-refractivity contribution in [2.24, 2.45) is 38.7 Å². The highest BCUT2D eigenvalue weighted by Gasteiger charge is 2.47. The van der Waals surface area contributed by atoms with Gasteiger partial charge in [-0.05, 0) is 25.2 Å². The molecule has 3 aliphatic heterocycles. The standard InChI is InChI=1S/C19H23F3N6/c20-14-7-16(22)15(21)6-12(14)11-2-1-10(5-17(11)23)27-8-13-18(9-27)26-28-19(13)24-3-4-25-28/h3-4,7,10-13,17,19H,1-2,5-6,8-9,23H2/t10?,11-,12?,13?,17?,19?/m1/s1. The van der Waals surface area contributed by atoms with Gasteiger partial charge in [0.05, 0.1) is 17.8 Å². The van der Waals surface area contributed by atoms with E-state index in [0.717, 1.165) is 31.6 Å². The molecule has 1 saturated heterocycles. The van der Waals surface area contributed by atoms with Crippen LogP contribution in [0.5, 0.6) is 0 Å². The van der Waals surface area contributed by atoms with Crippen molar-refractivity contribution in [1.82, 2.24) is 10.0 Å². The number of nitrogens with two attached hydrogens (primary N) is 1. The molecule has 5 rings (SSSR count). The molecular weight excluding hydrogens is 369 g/mol. The summed E-state index contributed by atoms with van der Waals surface area (Å²) in [6.07, 6.45) is 6.05. The number of hydrogen-bond acceptors (Lipinski definition) is 6. The molecule has 0 aromatic heterocycles. The van der Waals surface area contributed by atoms with Gasteiger partial charge in [0, 0.05) is 49.8 Å². The summed E-state index contributed by atoms with van der Waals surface area (Å²) in [6.45, 7) is 1.63. The Hall–Kier alpha value is -2.00. The molecule has 3 heterocycles. The van der Waals surface area contributed by atoms with Gasteiger partial charge in [-0.3, -0.25) is 9.89 Å². The fourth-order valence-electron chi connectivity index (χ4n) is 5.32. The first kappa shape index (κ1) is 18.1. The largest absolute Gasteiger partial charge is 0.327 e. The predicted octanol–water partition coefficient (Wildman–Crippen LogP) is 2.51. The number of allylic oxidation sites excluding steroid dienone is 4. The lowest BCUT2D eigenvalue weighted by Gasteiger charge is -2.41. The summed E-state index contributed by atoms with van der Waals surface area (Å²) >= 11 is 0. The van der Waals surface area contributed by atoms with E-state index in [4.69, 9.17) is 5.73 Å². The van der Waals surface area contributed by atoms with Crippen LogP contribution in [0.3, 0.4) is 0 Å². The van der Waals surface area contributed by atoms with E-state index >= 15 is 0 Å². The summed E-state index contributed by atoms with van der Waals surface area (Å²) < 4.78 is 41.2. The van der Waals surface area contributed by atoms with E-state index in [2.05, 4.69) is 20.1 Å². The maximum Gasteiger partial charge on any atom is 0.170 e. The van der Waals surface area contributed by atoms with Gasteiger partial charge in [-0.2, -0.15) is 15.3 Å². The van der Waals surface area contributed by atoms with E-state index in [0.29, 0.717) is 12.5 Å². The third-order valence-electron chi connectivity index (χ3n) is 6.78. The third kappa shape index (κ3) is 2.91. The Labute approximate surface area is 161 Å². The van der Waals surface area contributed by atoms with Crippen LogP contribution in [0, 0.1) is 17.8 Å². The van der Waals surface area contributed by atoms with Crippen molar-refractivity contribution in [2.75, 3.05) is 13.1 Å². The highest BCUT2D eigenvalue weighted by atomic mass is 19.2. The molecule has 2 N–H and O–H groups in total. The van der Waals surface area contributed by atoms with Crippen molar-refractivity contribution in [1.29, 1.82) is 0 Å². The summed E-state index contributed by atoms with van der Waals surface area (Å²) in [5.41, 5.74) is 7.50. The molecule has 0 amide bonds. The zero-order valence-corrected chi connectivity index (χ0v) is 15.4. The van der Waals surface area contributed by atoms with Gasteiger partial charge in [0.15, 0.2) is 12.0 Å². The quantitative estimate of drug-likeness (QED) is 0.785. The smallest absolute Gasteiger partial charge is 0.170 e. The molecule has 0 bridgehead atoms. The maximum absolute atomic E-state index is 14.3. The summed E-state index contributed by atoms with van der Waals surface area (Å²) in [6, 6.07) is 0.0462. The molecule has 2 fully saturated rings. The first-order valence-corrected chi connectivity index (χ1v) is 9.84. The Morgan fingerprint density at radius 2 is 1.96 bits per heavy atom. The zero-order chi connectivity index (χ0) is 19.4. The van der Waals surface area contributed by atoms with Crippen molar-refractivity contribution in [3.63, 3.8) is 0 Å². The first-order chi connectivity index (χ1) is 13.5. The number of rotatable bonds is 2. The first-order valence-electron chi connectivity index (χ1n) is 9.84. The second-order valence-corrected chi connectivity index (χ2v) is 8.31. The van der Waals surface area contributed by atoms with Crippen LogP contribution in [0.2, 0.25) is 0 Å². The number of hydrogen-bond donors (Lipinski definition) is 1. The molecular formula is C19H23F3N6. The SMILES string of the molecule is NC1CC(N2CC3=NN4N=CC=NC4C3C2)CC[C@@H]1C1CC(F)=C(F)C=C1F. The Morgan fingerprint density at radius 1 is 1.11 bits per heavy atom. The molecule has 6 atom stereocenters. The van der Waals surface area contributed by atoms with Crippen molar-refractivity contribution in [2.45, 2.75) is 43.9 Å². The van der Waals surface area contributed by atoms with Crippen LogP contribution in [0.1, 0.15) is 25.7 Å². The number of nitrogens with zero attached hydrogens (tertiary/aromatic N) is 5. The maximum atomic E-state index is 14.3. The minimum Gasteiger partial charge on any atom is -0.327 e. The fraction of sp³-hybridized carbons (Fsp3) is 0.632. The fourth-order valence-corrected chi connectivity index (χ4v) is 5.32. The monoisotopic (exact) mass is 392 g/mol. The van der Waals surface area contributed by atoms with Crippen LogP contribution in [0.15, 0.2) is 38.8 Å². The molecule has 5 unspecified atom stereocenters. The molecule has 0 spiro atoms. The Morgan fingerprint density at radius 3 is 2.79 bits per heavy atom. The second kappa shape index (κ2) is 6.81. The molecule has 28 heavy (non-hydrogen) atoms. The van der Waals surface area contributed by atoms with Gasteiger partial charge in [0.2, 0.25) is 0 Å². The topological polar surface area (TPSA) is 69.6 Å². The minimum absolute atomic E-state index is 0.0545. The second-order valence-electron chi connectivity index (χ2n) is 8.31. The lowest BCUT2D eigenvalue weighted by molar-refractivity contribution is 0.105. The highest BCUT2D eigenvalue weighted by Crippen LogP contribution is 2.43. The van der Waals surface area contributed by atoms with E-state index in [1.54, 1.807) is 17.5 Å². The molecule has 2 aliphatic carbocycles. The summed E-state index contributed by atoms with van der Waals surface area (Å²) in [5.74, 6) is -3.13. The molecule has 9 heteroatoms. The van der Waals surface area contributed by atoms with E-state index in [1.807, 2.05) is 0 Å². The molecule has 1 saturated carbocycles. The van der Waals surface area contributed by atoms with Gasteiger partial charge < -0.3 is 5.73 Å².